The lowest BCUT2D eigenvalue weighted by Gasteiger charge is -2.33. The summed E-state index contributed by atoms with van der Waals surface area (Å²) in [6, 6.07) is 6.61. The molecule has 3 rings (SSSR count). The van der Waals surface area contributed by atoms with Crippen molar-refractivity contribution in [1.82, 2.24) is 14.5 Å². The summed E-state index contributed by atoms with van der Waals surface area (Å²) in [6.07, 6.45) is 5.18. The summed E-state index contributed by atoms with van der Waals surface area (Å²) in [7, 11) is 0. The third-order valence-electron chi connectivity index (χ3n) is 4.50. The van der Waals surface area contributed by atoms with Gasteiger partial charge in [-0.3, -0.25) is 0 Å². The quantitative estimate of drug-likeness (QED) is 0.830. The van der Waals surface area contributed by atoms with Gasteiger partial charge in [0.1, 0.15) is 0 Å². The zero-order valence-electron chi connectivity index (χ0n) is 12.4. The molecule has 1 atom stereocenters. The minimum absolute atomic E-state index is 0.726. The number of nitrogens with one attached hydrogen (secondary N) is 1. The first-order valence-electron chi connectivity index (χ1n) is 7.77. The van der Waals surface area contributed by atoms with Crippen molar-refractivity contribution in [2.75, 3.05) is 13.1 Å². The van der Waals surface area contributed by atoms with Crippen LogP contribution in [0.25, 0.3) is 11.0 Å². The van der Waals surface area contributed by atoms with Crippen molar-refractivity contribution in [3.8, 4) is 0 Å². The molecule has 1 fully saturated rings. The fraction of sp³-hybridized carbons (Fsp3) is 0.562. The van der Waals surface area contributed by atoms with E-state index in [1.54, 1.807) is 0 Å². The van der Waals surface area contributed by atoms with Gasteiger partial charge in [0.25, 0.3) is 0 Å². The van der Waals surface area contributed by atoms with Gasteiger partial charge in [0, 0.05) is 24.2 Å². The molecule has 0 spiro atoms. The van der Waals surface area contributed by atoms with Crippen LogP contribution < -0.4 is 0 Å². The van der Waals surface area contributed by atoms with Gasteiger partial charge in [-0.25, -0.2) is 0 Å². The smallest absolute Gasteiger partial charge is 0.178 e. The maximum absolute atomic E-state index is 6.11. The fourth-order valence-electron chi connectivity index (χ4n) is 3.27. The molecule has 0 aliphatic carbocycles. The summed E-state index contributed by atoms with van der Waals surface area (Å²) < 4.78 is 2.96. The number of likely N-dealkylation sites (tertiary alicyclic amines) is 1. The maximum atomic E-state index is 6.11. The van der Waals surface area contributed by atoms with Crippen molar-refractivity contribution in [2.45, 2.75) is 45.2 Å². The molecule has 1 aromatic carbocycles. The Morgan fingerprint density at radius 1 is 1.33 bits per heavy atom. The zero-order valence-corrected chi connectivity index (χ0v) is 14.0. The van der Waals surface area contributed by atoms with Crippen LogP contribution in [-0.4, -0.2) is 33.6 Å². The van der Waals surface area contributed by atoms with E-state index in [4.69, 9.17) is 23.8 Å². The van der Waals surface area contributed by atoms with E-state index in [2.05, 4.69) is 21.4 Å². The van der Waals surface area contributed by atoms with Crippen LogP contribution in [0.5, 0.6) is 0 Å². The lowest BCUT2D eigenvalue weighted by molar-refractivity contribution is 0.157. The molecule has 1 unspecified atom stereocenters. The van der Waals surface area contributed by atoms with Crippen LogP contribution in [0.15, 0.2) is 18.2 Å². The summed E-state index contributed by atoms with van der Waals surface area (Å²) >= 11 is 11.5. The average molecular weight is 324 g/mol. The number of fused-ring (bicyclic) bond motifs is 1. The van der Waals surface area contributed by atoms with Crippen LogP contribution in [0.3, 0.4) is 0 Å². The molecular weight excluding hydrogens is 302 g/mol. The molecule has 114 valence electrons. The van der Waals surface area contributed by atoms with E-state index in [9.17, 15) is 0 Å². The number of H-pyrrole nitrogens is 1. The number of aromatic nitrogens is 2. The number of halogens is 1. The van der Waals surface area contributed by atoms with E-state index in [1.807, 2.05) is 18.2 Å². The number of piperidine rings is 1. The van der Waals surface area contributed by atoms with Crippen LogP contribution in [0.4, 0.5) is 0 Å². The molecule has 5 heteroatoms. The molecule has 0 bridgehead atoms. The monoisotopic (exact) mass is 323 g/mol. The highest BCUT2D eigenvalue weighted by molar-refractivity contribution is 7.71. The molecule has 1 N–H and O–H groups in total. The molecule has 2 heterocycles. The van der Waals surface area contributed by atoms with Crippen molar-refractivity contribution in [3.63, 3.8) is 0 Å². The first-order valence-corrected chi connectivity index (χ1v) is 8.56. The van der Waals surface area contributed by atoms with E-state index in [0.717, 1.165) is 46.4 Å². The molecule has 0 amide bonds. The summed E-state index contributed by atoms with van der Waals surface area (Å²) in [5.41, 5.74) is 2.18. The van der Waals surface area contributed by atoms with E-state index >= 15 is 0 Å². The number of aromatic amines is 1. The second kappa shape index (κ2) is 6.51. The number of imidazole rings is 1. The summed E-state index contributed by atoms with van der Waals surface area (Å²) in [4.78, 5) is 5.86. The normalized spacial score (nSPS) is 20.2. The lowest BCUT2D eigenvalue weighted by Crippen LogP contribution is -2.38. The second-order valence-electron chi connectivity index (χ2n) is 5.98. The highest BCUT2D eigenvalue weighted by Gasteiger charge is 2.17. The van der Waals surface area contributed by atoms with E-state index in [1.165, 1.54) is 25.8 Å². The number of hydrogen-bond donors (Lipinski definition) is 1. The van der Waals surface area contributed by atoms with E-state index in [0.29, 0.717) is 0 Å². The molecule has 1 aliphatic rings. The SMILES string of the molecule is CC1CCCCN1CCCn1c(=S)[nH]c2ccc(Cl)cc21. The first kappa shape index (κ1) is 15.1. The molecule has 3 nitrogen and oxygen atoms in total. The second-order valence-corrected chi connectivity index (χ2v) is 6.80. The fourth-order valence-corrected chi connectivity index (χ4v) is 3.74. The van der Waals surface area contributed by atoms with Gasteiger partial charge in [-0.05, 0) is 63.1 Å². The van der Waals surface area contributed by atoms with Gasteiger partial charge in [0.2, 0.25) is 0 Å². The van der Waals surface area contributed by atoms with Crippen LogP contribution in [0, 0.1) is 4.77 Å². The molecular formula is C16H22ClN3S. The van der Waals surface area contributed by atoms with Gasteiger partial charge in [-0.2, -0.15) is 0 Å². The third-order valence-corrected chi connectivity index (χ3v) is 5.06. The highest BCUT2D eigenvalue weighted by atomic mass is 35.5. The van der Waals surface area contributed by atoms with Gasteiger partial charge in [-0.1, -0.05) is 18.0 Å². The third kappa shape index (κ3) is 3.33. The van der Waals surface area contributed by atoms with Gasteiger partial charge in [0.15, 0.2) is 4.77 Å². The van der Waals surface area contributed by atoms with E-state index in [-0.39, 0.29) is 0 Å². The number of nitrogens with zero attached hydrogens (tertiary/aromatic N) is 2. The van der Waals surface area contributed by atoms with Crippen LogP contribution >= 0.6 is 23.8 Å². The maximum Gasteiger partial charge on any atom is 0.178 e. The summed E-state index contributed by atoms with van der Waals surface area (Å²) in [6.45, 7) is 5.68. The van der Waals surface area contributed by atoms with Gasteiger partial charge < -0.3 is 14.5 Å². The van der Waals surface area contributed by atoms with Crippen LogP contribution in [0.2, 0.25) is 5.02 Å². The van der Waals surface area contributed by atoms with Crippen molar-refractivity contribution >= 4 is 34.9 Å². The Hall–Kier alpha value is -0.840. The number of rotatable bonds is 4. The first-order chi connectivity index (χ1) is 10.1. The molecule has 21 heavy (non-hydrogen) atoms. The molecule has 0 saturated carbocycles. The lowest BCUT2D eigenvalue weighted by atomic mass is 10.0. The summed E-state index contributed by atoms with van der Waals surface area (Å²) in [5, 5.41) is 0.759. The highest BCUT2D eigenvalue weighted by Crippen LogP contribution is 2.20. The number of benzene rings is 1. The topological polar surface area (TPSA) is 24.0 Å². The van der Waals surface area contributed by atoms with Crippen molar-refractivity contribution in [1.29, 1.82) is 0 Å². The van der Waals surface area contributed by atoms with Crippen molar-refractivity contribution < 1.29 is 0 Å². The van der Waals surface area contributed by atoms with Crippen molar-refractivity contribution in [3.05, 3.63) is 28.0 Å². The molecule has 1 aromatic heterocycles. The Morgan fingerprint density at radius 3 is 3.00 bits per heavy atom. The van der Waals surface area contributed by atoms with E-state index < -0.39 is 0 Å². The molecule has 1 saturated heterocycles. The average Bonchev–Trinajstić information content (AvgIpc) is 2.77. The largest absolute Gasteiger partial charge is 0.331 e. The standard InChI is InChI=1S/C16H22ClN3S/c1-12-5-2-3-8-19(12)9-4-10-20-15-11-13(17)6-7-14(15)18-16(20)21/h6-7,11-12H,2-5,8-10H2,1H3,(H,18,21). The summed E-state index contributed by atoms with van der Waals surface area (Å²) in [5.74, 6) is 0. The van der Waals surface area contributed by atoms with Gasteiger partial charge in [-0.15, -0.1) is 0 Å². The zero-order chi connectivity index (χ0) is 14.8. The van der Waals surface area contributed by atoms with Gasteiger partial charge in [0.05, 0.1) is 11.0 Å². The Labute approximate surface area is 135 Å². The Balaban J connectivity index is 1.69. The van der Waals surface area contributed by atoms with Crippen LogP contribution in [0.1, 0.15) is 32.6 Å². The number of aryl methyl sites for hydroxylation is 1. The Kier molecular flexibility index (Phi) is 4.67. The predicted octanol–water partition coefficient (Wildman–Crippen LogP) is 4.62. The minimum Gasteiger partial charge on any atom is -0.331 e. The minimum atomic E-state index is 0.726. The van der Waals surface area contributed by atoms with Gasteiger partial charge >= 0.3 is 0 Å². The number of hydrogen-bond acceptors (Lipinski definition) is 2. The Bertz CT molecular complexity index is 676. The molecule has 2 aromatic rings. The van der Waals surface area contributed by atoms with Crippen LogP contribution in [-0.2, 0) is 6.54 Å². The molecule has 0 radical (unpaired) electrons. The van der Waals surface area contributed by atoms with Crippen molar-refractivity contribution in [2.24, 2.45) is 0 Å². The Morgan fingerprint density at radius 2 is 2.19 bits per heavy atom. The predicted molar refractivity (Wildman–Crippen MR) is 91.6 cm³/mol. The molecule has 1 aliphatic heterocycles.